The summed E-state index contributed by atoms with van der Waals surface area (Å²) >= 11 is 13.3. The second-order valence-electron chi connectivity index (χ2n) is 2.94. The van der Waals surface area contributed by atoms with Crippen LogP contribution in [-0.4, -0.2) is 5.78 Å². The van der Waals surface area contributed by atoms with Gasteiger partial charge in [0.25, 0.3) is 0 Å². The van der Waals surface area contributed by atoms with Crippen molar-refractivity contribution in [2.45, 2.75) is 0 Å². The SMILES string of the molecule is O=C(c1ccsc1)c1cccc(Cl)c1Cl. The zero-order chi connectivity index (χ0) is 10.8. The monoisotopic (exact) mass is 256 g/mol. The molecule has 0 aliphatic rings. The van der Waals surface area contributed by atoms with E-state index in [1.165, 1.54) is 11.3 Å². The lowest BCUT2D eigenvalue weighted by atomic mass is 10.1. The molecule has 2 rings (SSSR count). The minimum absolute atomic E-state index is 0.0937. The summed E-state index contributed by atoms with van der Waals surface area (Å²) in [6.07, 6.45) is 0. The molecule has 0 fully saturated rings. The van der Waals surface area contributed by atoms with Crippen LogP contribution in [0.4, 0.5) is 0 Å². The van der Waals surface area contributed by atoms with E-state index in [0.29, 0.717) is 21.2 Å². The van der Waals surface area contributed by atoms with E-state index in [0.717, 1.165) is 0 Å². The maximum atomic E-state index is 11.9. The van der Waals surface area contributed by atoms with Gasteiger partial charge in [0.2, 0.25) is 0 Å². The third kappa shape index (κ3) is 2.07. The van der Waals surface area contributed by atoms with E-state index in [1.807, 2.05) is 5.38 Å². The number of carbonyl (C=O) groups excluding carboxylic acids is 1. The highest BCUT2D eigenvalue weighted by molar-refractivity contribution is 7.08. The standard InChI is InChI=1S/C11H6Cl2OS/c12-9-3-1-2-8(10(9)13)11(14)7-4-5-15-6-7/h1-6H. The number of carbonyl (C=O) groups is 1. The number of halogens is 2. The fourth-order valence-corrected chi connectivity index (χ4v) is 2.25. The Morgan fingerprint density at radius 1 is 1.20 bits per heavy atom. The summed E-state index contributed by atoms with van der Waals surface area (Å²) in [5, 5.41) is 4.36. The minimum atomic E-state index is -0.0937. The van der Waals surface area contributed by atoms with Gasteiger partial charge >= 0.3 is 0 Å². The van der Waals surface area contributed by atoms with Gasteiger partial charge in [-0.05, 0) is 23.6 Å². The lowest BCUT2D eigenvalue weighted by Crippen LogP contribution is -2.00. The minimum Gasteiger partial charge on any atom is -0.289 e. The third-order valence-electron chi connectivity index (χ3n) is 1.98. The summed E-state index contributed by atoms with van der Waals surface area (Å²) in [5.41, 5.74) is 1.09. The third-order valence-corrected chi connectivity index (χ3v) is 3.48. The van der Waals surface area contributed by atoms with Crippen molar-refractivity contribution in [3.8, 4) is 0 Å². The number of ketones is 1. The van der Waals surface area contributed by atoms with Gasteiger partial charge in [-0.15, -0.1) is 0 Å². The predicted molar refractivity (Wildman–Crippen MR) is 64.2 cm³/mol. The molecule has 0 atom stereocenters. The van der Waals surface area contributed by atoms with Gasteiger partial charge in [-0.25, -0.2) is 0 Å². The Morgan fingerprint density at radius 3 is 2.67 bits per heavy atom. The Morgan fingerprint density at radius 2 is 2.00 bits per heavy atom. The number of thiophene rings is 1. The Bertz CT molecular complexity index is 491. The van der Waals surface area contributed by atoms with Crippen molar-refractivity contribution < 1.29 is 4.79 Å². The summed E-state index contributed by atoms with van der Waals surface area (Å²) in [7, 11) is 0. The van der Waals surface area contributed by atoms with Gasteiger partial charge in [0.15, 0.2) is 5.78 Å². The number of rotatable bonds is 2. The first-order valence-electron chi connectivity index (χ1n) is 4.21. The molecule has 0 aliphatic heterocycles. The van der Waals surface area contributed by atoms with Crippen LogP contribution in [0.2, 0.25) is 10.0 Å². The summed E-state index contributed by atoms with van der Waals surface area (Å²) in [4.78, 5) is 11.9. The molecule has 0 amide bonds. The average molecular weight is 257 g/mol. The van der Waals surface area contributed by atoms with Gasteiger partial charge in [0.05, 0.1) is 10.0 Å². The largest absolute Gasteiger partial charge is 0.289 e. The molecular formula is C11H6Cl2OS. The van der Waals surface area contributed by atoms with Crippen LogP contribution in [-0.2, 0) is 0 Å². The van der Waals surface area contributed by atoms with Crippen LogP contribution in [0.15, 0.2) is 35.0 Å². The fourth-order valence-electron chi connectivity index (χ4n) is 1.23. The Balaban J connectivity index is 2.47. The molecular weight excluding hydrogens is 251 g/mol. The summed E-state index contributed by atoms with van der Waals surface area (Å²) < 4.78 is 0. The zero-order valence-electron chi connectivity index (χ0n) is 7.54. The van der Waals surface area contributed by atoms with Gasteiger partial charge < -0.3 is 0 Å². The van der Waals surface area contributed by atoms with E-state index in [1.54, 1.807) is 29.6 Å². The molecule has 0 radical (unpaired) electrons. The predicted octanol–water partition coefficient (Wildman–Crippen LogP) is 4.29. The van der Waals surface area contributed by atoms with Crippen LogP contribution in [0, 0.1) is 0 Å². The molecule has 1 aromatic heterocycles. The van der Waals surface area contributed by atoms with Crippen molar-refractivity contribution in [2.24, 2.45) is 0 Å². The van der Waals surface area contributed by atoms with Crippen LogP contribution in [0.25, 0.3) is 0 Å². The second-order valence-corrected chi connectivity index (χ2v) is 4.51. The summed E-state index contributed by atoms with van der Waals surface area (Å²) in [6.45, 7) is 0. The van der Waals surface area contributed by atoms with E-state index in [-0.39, 0.29) is 5.78 Å². The smallest absolute Gasteiger partial charge is 0.195 e. The van der Waals surface area contributed by atoms with E-state index < -0.39 is 0 Å². The van der Waals surface area contributed by atoms with Gasteiger partial charge in [-0.2, -0.15) is 11.3 Å². The first-order valence-corrected chi connectivity index (χ1v) is 5.91. The lowest BCUT2D eigenvalue weighted by Gasteiger charge is -2.02. The number of hydrogen-bond acceptors (Lipinski definition) is 2. The maximum Gasteiger partial charge on any atom is 0.195 e. The molecule has 1 nitrogen and oxygen atoms in total. The van der Waals surface area contributed by atoms with E-state index in [4.69, 9.17) is 23.2 Å². The molecule has 0 saturated heterocycles. The topological polar surface area (TPSA) is 17.1 Å². The lowest BCUT2D eigenvalue weighted by molar-refractivity contribution is 0.103. The van der Waals surface area contributed by atoms with E-state index in [9.17, 15) is 4.79 Å². The highest BCUT2D eigenvalue weighted by atomic mass is 35.5. The van der Waals surface area contributed by atoms with Gasteiger partial charge in [0.1, 0.15) is 0 Å². The first-order chi connectivity index (χ1) is 7.20. The molecule has 0 N–H and O–H groups in total. The van der Waals surface area contributed by atoms with Crippen LogP contribution in [0.3, 0.4) is 0 Å². The maximum absolute atomic E-state index is 11.9. The van der Waals surface area contributed by atoms with Crippen LogP contribution < -0.4 is 0 Å². The zero-order valence-corrected chi connectivity index (χ0v) is 9.86. The van der Waals surface area contributed by atoms with E-state index in [2.05, 4.69) is 0 Å². The van der Waals surface area contributed by atoms with Crippen molar-refractivity contribution in [1.29, 1.82) is 0 Å². The first kappa shape index (κ1) is 10.7. The second kappa shape index (κ2) is 4.35. The van der Waals surface area contributed by atoms with Crippen LogP contribution in [0.5, 0.6) is 0 Å². The molecule has 76 valence electrons. The van der Waals surface area contributed by atoms with Gasteiger partial charge in [0, 0.05) is 16.5 Å². The summed E-state index contributed by atoms with van der Waals surface area (Å²) in [6, 6.07) is 6.82. The quantitative estimate of drug-likeness (QED) is 0.733. The molecule has 4 heteroatoms. The highest BCUT2D eigenvalue weighted by Gasteiger charge is 2.14. The Kier molecular flexibility index (Phi) is 3.10. The molecule has 0 aliphatic carbocycles. The Labute approximate surface area is 101 Å². The number of benzene rings is 1. The summed E-state index contributed by atoms with van der Waals surface area (Å²) in [5.74, 6) is -0.0937. The molecule has 15 heavy (non-hydrogen) atoms. The van der Waals surface area contributed by atoms with Crippen LogP contribution >= 0.6 is 34.5 Å². The molecule has 1 aromatic carbocycles. The van der Waals surface area contributed by atoms with Crippen LogP contribution in [0.1, 0.15) is 15.9 Å². The van der Waals surface area contributed by atoms with Crippen molar-refractivity contribution in [2.75, 3.05) is 0 Å². The van der Waals surface area contributed by atoms with Crippen molar-refractivity contribution in [3.05, 3.63) is 56.2 Å². The highest BCUT2D eigenvalue weighted by Crippen LogP contribution is 2.27. The fraction of sp³-hybridized carbons (Fsp3) is 0. The molecule has 1 heterocycles. The molecule has 2 aromatic rings. The van der Waals surface area contributed by atoms with Gasteiger partial charge in [-0.1, -0.05) is 29.3 Å². The van der Waals surface area contributed by atoms with Crippen molar-refractivity contribution in [1.82, 2.24) is 0 Å². The van der Waals surface area contributed by atoms with Crippen molar-refractivity contribution >= 4 is 40.3 Å². The van der Waals surface area contributed by atoms with Crippen molar-refractivity contribution in [3.63, 3.8) is 0 Å². The molecule has 0 spiro atoms. The Hall–Kier alpha value is -0.830. The average Bonchev–Trinajstić information content (AvgIpc) is 2.74. The van der Waals surface area contributed by atoms with Gasteiger partial charge in [-0.3, -0.25) is 4.79 Å². The molecule has 0 saturated carbocycles. The van der Waals surface area contributed by atoms with E-state index >= 15 is 0 Å². The number of hydrogen-bond donors (Lipinski definition) is 0. The molecule has 0 unspecified atom stereocenters. The normalized spacial score (nSPS) is 10.3. The molecule has 0 bridgehead atoms.